The highest BCUT2D eigenvalue weighted by molar-refractivity contribution is 6.16. The minimum Gasteiger partial charge on any atom is -0.321 e. The predicted octanol–water partition coefficient (Wildman–Crippen LogP) is 2.75. The lowest BCUT2D eigenvalue weighted by molar-refractivity contribution is 0.629. The first kappa shape index (κ1) is 12.0. The van der Waals surface area contributed by atoms with Crippen molar-refractivity contribution in [2.45, 2.75) is 12.4 Å². The van der Waals surface area contributed by atoms with Crippen LogP contribution in [0.4, 0.5) is 4.39 Å². The van der Waals surface area contributed by atoms with Crippen molar-refractivity contribution in [2.75, 3.05) is 0 Å². The van der Waals surface area contributed by atoms with Crippen molar-refractivity contribution in [3.63, 3.8) is 0 Å². The Labute approximate surface area is 113 Å². The number of benzene rings is 1. The Kier molecular flexibility index (Phi) is 3.13. The van der Waals surface area contributed by atoms with Gasteiger partial charge in [-0.25, -0.2) is 9.37 Å². The second-order valence-electron chi connectivity index (χ2n) is 4.10. The van der Waals surface area contributed by atoms with Crippen LogP contribution in [0.1, 0.15) is 11.5 Å². The maximum atomic E-state index is 13.2. The van der Waals surface area contributed by atoms with Crippen molar-refractivity contribution in [1.82, 2.24) is 19.7 Å². The monoisotopic (exact) mass is 276 g/mol. The maximum Gasteiger partial charge on any atom is 0.125 e. The molecule has 0 N–H and O–H groups in total. The van der Waals surface area contributed by atoms with Crippen LogP contribution in [0.3, 0.4) is 0 Å². The third-order valence-electron chi connectivity index (χ3n) is 2.86. The predicted molar refractivity (Wildman–Crippen MR) is 70.4 cm³/mol. The molecule has 2 aromatic heterocycles. The summed E-state index contributed by atoms with van der Waals surface area (Å²) in [5.74, 6) is 0.641. The summed E-state index contributed by atoms with van der Waals surface area (Å²) in [5.41, 5.74) is 2.24. The fourth-order valence-electron chi connectivity index (χ4n) is 2.01. The molecule has 0 aliphatic carbocycles. The van der Waals surface area contributed by atoms with Gasteiger partial charge in [-0.05, 0) is 24.3 Å². The third-order valence-corrected chi connectivity index (χ3v) is 3.10. The van der Waals surface area contributed by atoms with E-state index in [2.05, 4.69) is 15.2 Å². The minimum absolute atomic E-state index is 0.260. The molecule has 0 atom stereocenters. The van der Waals surface area contributed by atoms with E-state index in [0.29, 0.717) is 17.9 Å². The lowest BCUT2D eigenvalue weighted by atomic mass is 10.3. The van der Waals surface area contributed by atoms with Crippen LogP contribution < -0.4 is 0 Å². The molecule has 0 amide bonds. The summed E-state index contributed by atoms with van der Waals surface area (Å²) >= 11 is 5.90. The van der Waals surface area contributed by atoms with E-state index in [4.69, 9.17) is 11.6 Å². The summed E-state index contributed by atoms with van der Waals surface area (Å²) in [6.07, 6.45) is 1.62. The van der Waals surface area contributed by atoms with Crippen LogP contribution in [-0.4, -0.2) is 19.7 Å². The van der Waals surface area contributed by atoms with Gasteiger partial charge in [-0.1, -0.05) is 0 Å². The standard InChI is InChI=1S/C13H10ClFN4/c14-7-13-17-11-6-9(15)3-4-12(11)19(13)8-10-2-1-5-16-18-10/h1-6H,7-8H2. The third kappa shape index (κ3) is 2.29. The molecule has 3 rings (SSSR count). The Morgan fingerprint density at radius 3 is 2.89 bits per heavy atom. The lowest BCUT2D eigenvalue weighted by Gasteiger charge is -2.06. The van der Waals surface area contributed by atoms with E-state index < -0.39 is 0 Å². The van der Waals surface area contributed by atoms with Gasteiger partial charge in [0, 0.05) is 12.3 Å². The molecular weight excluding hydrogens is 267 g/mol. The Hall–Kier alpha value is -2.01. The molecule has 3 aromatic rings. The van der Waals surface area contributed by atoms with Gasteiger partial charge < -0.3 is 4.57 Å². The van der Waals surface area contributed by atoms with Crippen molar-refractivity contribution >= 4 is 22.6 Å². The SMILES string of the molecule is Fc1ccc2c(c1)nc(CCl)n2Cc1cccnn1. The van der Waals surface area contributed by atoms with Gasteiger partial charge >= 0.3 is 0 Å². The normalized spacial score (nSPS) is 11.1. The number of imidazole rings is 1. The molecule has 0 fully saturated rings. The summed E-state index contributed by atoms with van der Waals surface area (Å²) in [4.78, 5) is 4.33. The van der Waals surface area contributed by atoms with Crippen molar-refractivity contribution in [3.8, 4) is 0 Å². The number of nitrogens with zero attached hydrogens (tertiary/aromatic N) is 4. The first-order chi connectivity index (χ1) is 9.28. The number of hydrogen-bond acceptors (Lipinski definition) is 3. The zero-order chi connectivity index (χ0) is 13.2. The molecule has 19 heavy (non-hydrogen) atoms. The highest BCUT2D eigenvalue weighted by Gasteiger charge is 2.11. The van der Waals surface area contributed by atoms with Gasteiger partial charge in [-0.3, -0.25) is 0 Å². The molecule has 0 bridgehead atoms. The summed E-state index contributed by atoms with van der Waals surface area (Å²) in [7, 11) is 0. The molecule has 0 aliphatic rings. The Bertz CT molecular complexity index is 711. The average molecular weight is 277 g/mol. The van der Waals surface area contributed by atoms with Gasteiger partial charge in [-0.15, -0.1) is 11.6 Å². The molecule has 0 spiro atoms. The van der Waals surface area contributed by atoms with Crippen LogP contribution in [0.25, 0.3) is 11.0 Å². The maximum absolute atomic E-state index is 13.2. The van der Waals surface area contributed by atoms with Gasteiger partial charge in [0.25, 0.3) is 0 Å². The molecular formula is C13H10ClFN4. The van der Waals surface area contributed by atoms with Crippen molar-refractivity contribution in [2.24, 2.45) is 0 Å². The molecule has 6 heteroatoms. The molecule has 96 valence electrons. The van der Waals surface area contributed by atoms with E-state index in [1.807, 2.05) is 16.7 Å². The first-order valence-corrected chi connectivity index (χ1v) is 6.28. The molecule has 0 radical (unpaired) electrons. The zero-order valence-electron chi connectivity index (χ0n) is 9.92. The van der Waals surface area contributed by atoms with E-state index in [9.17, 15) is 4.39 Å². The van der Waals surface area contributed by atoms with E-state index in [-0.39, 0.29) is 11.7 Å². The van der Waals surface area contributed by atoms with Crippen LogP contribution in [-0.2, 0) is 12.4 Å². The number of aromatic nitrogens is 4. The van der Waals surface area contributed by atoms with Gasteiger partial charge in [0.2, 0.25) is 0 Å². The molecule has 0 saturated carbocycles. The fourth-order valence-corrected chi connectivity index (χ4v) is 2.22. The minimum atomic E-state index is -0.308. The summed E-state index contributed by atoms with van der Waals surface area (Å²) in [6.45, 7) is 0.512. The molecule has 0 saturated heterocycles. The van der Waals surface area contributed by atoms with Crippen LogP contribution in [0.2, 0.25) is 0 Å². The van der Waals surface area contributed by atoms with Crippen molar-refractivity contribution in [1.29, 1.82) is 0 Å². The van der Waals surface area contributed by atoms with Gasteiger partial charge in [-0.2, -0.15) is 10.2 Å². The van der Waals surface area contributed by atoms with Crippen LogP contribution in [0.15, 0.2) is 36.5 Å². The van der Waals surface area contributed by atoms with E-state index in [1.54, 1.807) is 12.3 Å². The van der Waals surface area contributed by atoms with Crippen LogP contribution >= 0.6 is 11.6 Å². The van der Waals surface area contributed by atoms with Gasteiger partial charge in [0.05, 0.1) is 29.2 Å². The molecule has 1 aromatic carbocycles. The smallest absolute Gasteiger partial charge is 0.125 e. The van der Waals surface area contributed by atoms with Crippen molar-refractivity contribution in [3.05, 3.63) is 53.9 Å². The molecule has 0 unspecified atom stereocenters. The van der Waals surface area contributed by atoms with Crippen LogP contribution in [0.5, 0.6) is 0 Å². The van der Waals surface area contributed by atoms with E-state index in [1.165, 1.54) is 12.1 Å². The molecule has 4 nitrogen and oxygen atoms in total. The first-order valence-electron chi connectivity index (χ1n) is 5.75. The molecule has 2 heterocycles. The second-order valence-corrected chi connectivity index (χ2v) is 4.36. The number of alkyl halides is 1. The summed E-state index contributed by atoms with van der Waals surface area (Å²) < 4.78 is 15.1. The zero-order valence-corrected chi connectivity index (χ0v) is 10.7. The topological polar surface area (TPSA) is 43.6 Å². The fraction of sp³-hybridized carbons (Fsp3) is 0.154. The number of rotatable bonds is 3. The Morgan fingerprint density at radius 2 is 2.16 bits per heavy atom. The van der Waals surface area contributed by atoms with Gasteiger partial charge in [0.1, 0.15) is 11.6 Å². The summed E-state index contributed by atoms with van der Waals surface area (Å²) in [5, 5.41) is 7.88. The number of halogens is 2. The second kappa shape index (κ2) is 4.93. The van der Waals surface area contributed by atoms with E-state index >= 15 is 0 Å². The summed E-state index contributed by atoms with van der Waals surface area (Å²) in [6, 6.07) is 8.21. The van der Waals surface area contributed by atoms with Crippen LogP contribution in [0, 0.1) is 5.82 Å². The molecule has 0 aliphatic heterocycles. The average Bonchev–Trinajstić information content (AvgIpc) is 2.77. The van der Waals surface area contributed by atoms with Gasteiger partial charge in [0.15, 0.2) is 0 Å². The highest BCUT2D eigenvalue weighted by Crippen LogP contribution is 2.19. The number of fused-ring (bicyclic) bond motifs is 1. The Morgan fingerprint density at radius 1 is 1.26 bits per heavy atom. The largest absolute Gasteiger partial charge is 0.321 e. The highest BCUT2D eigenvalue weighted by atomic mass is 35.5. The Balaban J connectivity index is 2.11. The number of hydrogen-bond donors (Lipinski definition) is 0. The lowest BCUT2D eigenvalue weighted by Crippen LogP contribution is -2.05. The quantitative estimate of drug-likeness (QED) is 0.691. The van der Waals surface area contributed by atoms with Crippen molar-refractivity contribution < 1.29 is 4.39 Å². The van der Waals surface area contributed by atoms with E-state index in [0.717, 1.165) is 11.2 Å².